The number of azide groups is 1. The molecule has 0 bridgehead atoms. The van der Waals surface area contributed by atoms with Crippen LogP contribution in [0.2, 0.25) is 0 Å². The predicted molar refractivity (Wildman–Crippen MR) is 164 cm³/mol. The van der Waals surface area contributed by atoms with Crippen molar-refractivity contribution < 1.29 is 19.4 Å². The summed E-state index contributed by atoms with van der Waals surface area (Å²) in [6, 6.07) is 33.6. The summed E-state index contributed by atoms with van der Waals surface area (Å²) in [5.41, 5.74) is 17.2. The fourth-order valence-electron chi connectivity index (χ4n) is 4.95. The zero-order valence-electron chi connectivity index (χ0n) is 23.5. The van der Waals surface area contributed by atoms with Crippen molar-refractivity contribution in [1.29, 1.82) is 0 Å². The van der Waals surface area contributed by atoms with E-state index in [1.54, 1.807) is 30.3 Å². The molecule has 10 nitrogen and oxygen atoms in total. The lowest BCUT2D eigenvalue weighted by Gasteiger charge is -2.31. The number of rotatable bonds is 13. The van der Waals surface area contributed by atoms with Crippen molar-refractivity contribution in [3.8, 4) is 5.75 Å². The number of hydrogen-bond acceptors (Lipinski definition) is 7. The predicted octanol–water partition coefficient (Wildman–Crippen LogP) is 5.71. The third kappa shape index (κ3) is 7.02. The van der Waals surface area contributed by atoms with Gasteiger partial charge in [0.1, 0.15) is 5.75 Å². The van der Waals surface area contributed by atoms with Gasteiger partial charge in [0.2, 0.25) is 5.90 Å². The number of hydrazine groups is 1. The molecule has 0 saturated carbocycles. The molecule has 0 fully saturated rings. The Labute approximate surface area is 249 Å². The van der Waals surface area contributed by atoms with E-state index in [0.29, 0.717) is 42.1 Å². The first-order valence-corrected chi connectivity index (χ1v) is 14.0. The molecule has 0 spiro atoms. The molecule has 4 aromatic carbocycles. The molecule has 0 saturated heterocycles. The molecule has 0 unspecified atom stereocenters. The second kappa shape index (κ2) is 14.2. The molecule has 43 heavy (non-hydrogen) atoms. The second-order valence-corrected chi connectivity index (χ2v) is 9.99. The first-order valence-electron chi connectivity index (χ1n) is 14.0. The number of amides is 1. The van der Waals surface area contributed by atoms with Crippen molar-refractivity contribution in [3.05, 3.63) is 142 Å². The summed E-state index contributed by atoms with van der Waals surface area (Å²) in [7, 11) is 0. The molecular formula is C33H32N6O4. The maximum absolute atomic E-state index is 14.3. The third-order valence-electron chi connectivity index (χ3n) is 7.06. The Balaban J connectivity index is 1.55. The number of ether oxygens (including phenoxy) is 2. The summed E-state index contributed by atoms with van der Waals surface area (Å²) in [5.74, 6) is 0.517. The molecule has 0 aromatic heterocycles. The highest BCUT2D eigenvalue weighted by molar-refractivity contribution is 6.01. The van der Waals surface area contributed by atoms with Crippen LogP contribution in [0.5, 0.6) is 5.75 Å². The van der Waals surface area contributed by atoms with Gasteiger partial charge >= 0.3 is 0 Å². The topological polar surface area (TPSA) is 141 Å². The molecule has 4 aromatic rings. The smallest absolute Gasteiger partial charge is 0.266 e. The quantitative estimate of drug-likeness (QED) is 0.0615. The van der Waals surface area contributed by atoms with Crippen LogP contribution in [0.3, 0.4) is 0 Å². The molecule has 1 amide bonds. The summed E-state index contributed by atoms with van der Waals surface area (Å²) in [6.45, 7) is 0.845. The third-order valence-corrected chi connectivity index (χ3v) is 7.06. The Bertz CT molecular complexity index is 1590. The van der Waals surface area contributed by atoms with E-state index in [9.17, 15) is 10.3 Å². The van der Waals surface area contributed by atoms with Crippen LogP contribution in [-0.2, 0) is 22.5 Å². The number of hydrogen-bond donors (Lipinski definition) is 3. The van der Waals surface area contributed by atoms with Crippen LogP contribution in [0.15, 0.2) is 119 Å². The minimum atomic E-state index is -1.46. The summed E-state index contributed by atoms with van der Waals surface area (Å²) >= 11 is 0. The fourth-order valence-corrected chi connectivity index (χ4v) is 4.95. The van der Waals surface area contributed by atoms with Gasteiger partial charge in [-0.05, 0) is 40.9 Å². The Morgan fingerprint density at radius 1 is 0.953 bits per heavy atom. The largest absolute Gasteiger partial charge is 0.494 e. The van der Waals surface area contributed by atoms with Gasteiger partial charge in [0.15, 0.2) is 11.6 Å². The van der Waals surface area contributed by atoms with Gasteiger partial charge in [0, 0.05) is 47.7 Å². The number of aliphatic imine (C=N–C) groups is 1. The van der Waals surface area contributed by atoms with Crippen molar-refractivity contribution in [1.82, 2.24) is 10.9 Å². The highest BCUT2D eigenvalue weighted by Crippen LogP contribution is 2.45. The number of carbonyl (C=O) groups is 1. The van der Waals surface area contributed by atoms with Gasteiger partial charge in [0.25, 0.3) is 5.91 Å². The normalized spacial score (nSPS) is 17.3. The Morgan fingerprint density at radius 2 is 1.63 bits per heavy atom. The zero-order valence-corrected chi connectivity index (χ0v) is 23.5. The highest BCUT2D eigenvalue weighted by Gasteiger charge is 2.54. The molecule has 1 heterocycles. The fraction of sp³-hybridized carbons (Fsp3) is 0.212. The average Bonchev–Trinajstić information content (AvgIpc) is 3.43. The van der Waals surface area contributed by atoms with Gasteiger partial charge < -0.3 is 14.6 Å². The maximum atomic E-state index is 14.3. The lowest BCUT2D eigenvalue weighted by atomic mass is 9.81. The zero-order chi connectivity index (χ0) is 29.9. The van der Waals surface area contributed by atoms with Gasteiger partial charge in [-0.25, -0.2) is 10.4 Å². The first-order chi connectivity index (χ1) is 21.1. The van der Waals surface area contributed by atoms with E-state index in [2.05, 4.69) is 20.9 Å². The molecular weight excluding hydrogens is 544 g/mol. The monoisotopic (exact) mass is 576 g/mol. The van der Waals surface area contributed by atoms with Crippen LogP contribution in [0.1, 0.15) is 34.8 Å². The second-order valence-electron chi connectivity index (χ2n) is 9.99. The number of aliphatic hydroxyl groups is 1. The van der Waals surface area contributed by atoms with Crippen LogP contribution in [0, 0.1) is 0 Å². The molecule has 0 aliphatic carbocycles. The highest BCUT2D eigenvalue weighted by atomic mass is 16.5. The number of aliphatic hydroxyl groups excluding tert-OH is 1. The van der Waals surface area contributed by atoms with Gasteiger partial charge in [-0.1, -0.05) is 90.0 Å². The van der Waals surface area contributed by atoms with Crippen LogP contribution in [-0.4, -0.2) is 35.7 Å². The molecule has 218 valence electrons. The minimum absolute atomic E-state index is 0.0488. The van der Waals surface area contributed by atoms with Crippen molar-refractivity contribution in [2.75, 3.05) is 13.2 Å². The van der Waals surface area contributed by atoms with E-state index < -0.39 is 17.6 Å². The summed E-state index contributed by atoms with van der Waals surface area (Å²) < 4.78 is 12.2. The van der Waals surface area contributed by atoms with Crippen LogP contribution < -0.4 is 15.6 Å². The van der Waals surface area contributed by atoms with Crippen LogP contribution in [0.25, 0.3) is 10.4 Å². The van der Waals surface area contributed by atoms with E-state index in [-0.39, 0.29) is 18.9 Å². The van der Waals surface area contributed by atoms with E-state index >= 15 is 0 Å². The maximum Gasteiger partial charge on any atom is 0.266 e. The van der Waals surface area contributed by atoms with Crippen LogP contribution in [0.4, 0.5) is 5.69 Å². The standard InChI is InChI=1S/C33H32N6O4/c34-39-37-29-15-8-7-14-28(29)30-33(22-24-10-3-1-4-11-24,32(41)38-35-23-25-12-5-2-6-13-25)36-31(43-30)26-16-18-27(19-17-26)42-21-9-20-40/h1-8,10-19,30,35,40H,9,20-23H2,(H,38,41)/t30-,33-/m0/s1. The number of carbonyl (C=O) groups excluding carboxylic acids is 1. The van der Waals surface area contributed by atoms with Gasteiger partial charge in [-0.3, -0.25) is 10.2 Å². The summed E-state index contributed by atoms with van der Waals surface area (Å²) in [4.78, 5) is 22.3. The Kier molecular flexibility index (Phi) is 9.66. The minimum Gasteiger partial charge on any atom is -0.494 e. The number of benzene rings is 4. The van der Waals surface area contributed by atoms with Crippen molar-refractivity contribution in [2.45, 2.75) is 31.0 Å². The van der Waals surface area contributed by atoms with E-state index in [0.717, 1.165) is 11.1 Å². The average molecular weight is 577 g/mol. The SMILES string of the molecule is [N-]=[N+]=Nc1ccccc1[C@@H]1OC(c2ccc(OCCCO)cc2)=N[C@]1(Cc1ccccc1)C(=O)NNCc1ccccc1. The number of nitrogens with zero attached hydrogens (tertiary/aromatic N) is 4. The van der Waals surface area contributed by atoms with Crippen molar-refractivity contribution in [3.63, 3.8) is 0 Å². The summed E-state index contributed by atoms with van der Waals surface area (Å²) in [5, 5.41) is 12.9. The van der Waals surface area contributed by atoms with Gasteiger partial charge in [-0.15, -0.1) is 0 Å². The van der Waals surface area contributed by atoms with E-state index in [1.165, 1.54) is 0 Å². The first kappa shape index (κ1) is 29.3. The van der Waals surface area contributed by atoms with E-state index in [1.807, 2.05) is 78.9 Å². The number of nitrogens with one attached hydrogen (secondary N) is 2. The molecule has 10 heteroatoms. The molecule has 3 N–H and O–H groups in total. The Hall–Kier alpha value is -5.15. The van der Waals surface area contributed by atoms with Crippen molar-refractivity contribution >= 4 is 17.5 Å². The van der Waals surface area contributed by atoms with Gasteiger partial charge in [0.05, 0.1) is 6.61 Å². The van der Waals surface area contributed by atoms with Crippen molar-refractivity contribution in [2.24, 2.45) is 10.1 Å². The lowest BCUT2D eigenvalue weighted by molar-refractivity contribution is -0.130. The Morgan fingerprint density at radius 3 is 2.33 bits per heavy atom. The van der Waals surface area contributed by atoms with E-state index in [4.69, 9.17) is 19.6 Å². The van der Waals surface area contributed by atoms with Gasteiger partial charge in [-0.2, -0.15) is 0 Å². The molecule has 0 radical (unpaired) electrons. The van der Waals surface area contributed by atoms with Crippen LogP contribution >= 0.6 is 0 Å². The molecule has 5 rings (SSSR count). The lowest BCUT2D eigenvalue weighted by Crippen LogP contribution is -2.53. The molecule has 1 aliphatic heterocycles. The molecule has 2 atom stereocenters. The molecule has 1 aliphatic rings. The summed E-state index contributed by atoms with van der Waals surface area (Å²) in [6.07, 6.45) is -0.170.